The average Bonchev–Trinajstić information content (AvgIpc) is 3.59. The molecular weight excluding hydrogens is 829 g/mol. The fraction of sp³-hybridized carbons (Fsp3) is 0.167. The van der Waals surface area contributed by atoms with Crippen molar-refractivity contribution in [1.29, 1.82) is 0 Å². The van der Waals surface area contributed by atoms with Crippen molar-refractivity contribution in [2.24, 2.45) is 0 Å². The summed E-state index contributed by atoms with van der Waals surface area (Å²) in [6.07, 6.45) is 2.08. The number of ether oxygens (including phenoxy) is 1. The van der Waals surface area contributed by atoms with Crippen LogP contribution in [0, 0.1) is 12.7 Å². The van der Waals surface area contributed by atoms with Gasteiger partial charge in [0.2, 0.25) is 0 Å². The van der Waals surface area contributed by atoms with Gasteiger partial charge in [-0.2, -0.15) is 5.10 Å². The van der Waals surface area contributed by atoms with Crippen molar-refractivity contribution in [3.8, 4) is 17.2 Å². The minimum Gasteiger partial charge on any atom is -0.457 e. The maximum absolute atomic E-state index is 14.6. The van der Waals surface area contributed by atoms with Gasteiger partial charge in [-0.05, 0) is 121 Å². The Kier molecular flexibility index (Phi) is 11.9. The zero-order chi connectivity index (χ0) is 43.5. The number of unbranched alkanes of at least 4 members (excludes halogenated alkanes) is 1. The van der Waals surface area contributed by atoms with Crippen LogP contribution in [0.4, 0.5) is 10.1 Å². The number of halogens is 2. The Balaban J connectivity index is 1.13. The zero-order valence-corrected chi connectivity index (χ0v) is 35.4. The minimum atomic E-state index is -4.31. The zero-order valence-electron chi connectivity index (χ0n) is 33.8. The molecule has 0 bridgehead atoms. The molecule has 14 heteroatoms. The van der Waals surface area contributed by atoms with E-state index in [-0.39, 0.29) is 38.2 Å². The Labute approximate surface area is 363 Å². The first-order chi connectivity index (χ1) is 29.9. The van der Waals surface area contributed by atoms with Crippen molar-refractivity contribution in [2.75, 3.05) is 18.0 Å². The predicted molar refractivity (Wildman–Crippen MR) is 236 cm³/mol. The van der Waals surface area contributed by atoms with E-state index in [9.17, 15) is 27.2 Å². The number of nitrogens with zero attached hydrogens (tertiary/aromatic N) is 4. The molecule has 3 amide bonds. The smallest absolute Gasteiger partial charge is 0.280 e. The number of rotatable bonds is 12. The second-order valence-corrected chi connectivity index (χ2v) is 17.0. The SMILES string of the molecule is CCCCN(C(=O)c1nn(-c2ccc(C(=O)NS(=O)(=O)c3ccc4ccccc4c3)cc2C(=O)N2CCc3ccccc3C2)c(C)c1Cl)c1ccc(Oc2ccc(F)cc2)cc1. The molecule has 2 heterocycles. The fourth-order valence-electron chi connectivity index (χ4n) is 7.43. The number of aromatic nitrogens is 2. The summed E-state index contributed by atoms with van der Waals surface area (Å²) in [5.74, 6) is -1.28. The number of anilines is 1. The Morgan fingerprint density at radius 2 is 1.52 bits per heavy atom. The van der Waals surface area contributed by atoms with Gasteiger partial charge in [0.25, 0.3) is 27.7 Å². The van der Waals surface area contributed by atoms with Gasteiger partial charge in [-0.15, -0.1) is 0 Å². The van der Waals surface area contributed by atoms with E-state index in [0.717, 1.165) is 22.9 Å². The molecule has 1 N–H and O–H groups in total. The van der Waals surface area contributed by atoms with Gasteiger partial charge in [0.1, 0.15) is 17.3 Å². The molecule has 0 atom stereocenters. The molecule has 314 valence electrons. The summed E-state index contributed by atoms with van der Waals surface area (Å²) in [4.78, 5) is 46.0. The lowest BCUT2D eigenvalue weighted by atomic mass is 9.98. The van der Waals surface area contributed by atoms with E-state index in [1.165, 1.54) is 59.3 Å². The van der Waals surface area contributed by atoms with Crippen molar-refractivity contribution in [3.05, 3.63) is 178 Å². The lowest BCUT2D eigenvalue weighted by molar-refractivity contribution is 0.0734. The highest BCUT2D eigenvalue weighted by molar-refractivity contribution is 7.90. The van der Waals surface area contributed by atoms with E-state index in [1.807, 2.05) is 43.3 Å². The number of hydrogen-bond donors (Lipinski definition) is 1. The first kappa shape index (κ1) is 41.9. The first-order valence-corrected chi connectivity index (χ1v) is 21.9. The summed E-state index contributed by atoms with van der Waals surface area (Å²) >= 11 is 6.93. The largest absolute Gasteiger partial charge is 0.457 e. The van der Waals surface area contributed by atoms with Gasteiger partial charge in [-0.3, -0.25) is 14.4 Å². The number of fused-ring (bicyclic) bond motifs is 2. The van der Waals surface area contributed by atoms with Crippen LogP contribution < -0.4 is 14.4 Å². The molecule has 0 spiro atoms. The highest BCUT2D eigenvalue weighted by Gasteiger charge is 2.30. The Morgan fingerprint density at radius 1 is 0.839 bits per heavy atom. The monoisotopic (exact) mass is 869 g/mol. The van der Waals surface area contributed by atoms with Gasteiger partial charge in [-0.1, -0.05) is 79.5 Å². The molecule has 1 aliphatic heterocycles. The standard InChI is InChI=1S/C48H41ClFN5O6S/c1-3-4-26-54(38-17-21-40(22-18-38)61-39-19-15-37(50)16-20-39)48(58)45-44(49)31(2)55(51-45)43-24-14-35(29-42(43)47(57)53-27-25-33-10-6-8-12-36(33)30-53)46(56)52-62(59,60)41-23-13-32-9-5-7-11-34(32)28-41/h5-24,28-29H,3-4,25-27,30H2,1-2H3,(H,52,56). The minimum absolute atomic E-state index is 0.0551. The van der Waals surface area contributed by atoms with E-state index in [1.54, 1.807) is 59.2 Å². The molecule has 1 aromatic heterocycles. The van der Waals surface area contributed by atoms with Crippen LogP contribution in [-0.4, -0.2) is 53.9 Å². The highest BCUT2D eigenvalue weighted by atomic mass is 35.5. The molecular formula is C48H41ClFN5O6S. The molecule has 7 aromatic rings. The second kappa shape index (κ2) is 17.6. The molecule has 62 heavy (non-hydrogen) atoms. The molecule has 0 radical (unpaired) electrons. The third kappa shape index (κ3) is 8.67. The number of carbonyl (C=O) groups is 3. The van der Waals surface area contributed by atoms with E-state index in [2.05, 4.69) is 4.72 Å². The summed E-state index contributed by atoms with van der Waals surface area (Å²) in [5, 5.41) is 6.31. The lowest BCUT2D eigenvalue weighted by Crippen LogP contribution is -2.37. The number of carbonyl (C=O) groups excluding carboxylic acids is 3. The molecule has 0 unspecified atom stereocenters. The van der Waals surface area contributed by atoms with Gasteiger partial charge in [-0.25, -0.2) is 22.2 Å². The average molecular weight is 870 g/mol. The Hall–Kier alpha value is -6.83. The predicted octanol–water partition coefficient (Wildman–Crippen LogP) is 9.68. The van der Waals surface area contributed by atoms with Crippen molar-refractivity contribution in [3.63, 3.8) is 0 Å². The summed E-state index contributed by atoms with van der Waals surface area (Å²) < 4.78 is 49.9. The normalized spacial score (nSPS) is 12.5. The number of amides is 3. The molecule has 0 saturated heterocycles. The molecule has 8 rings (SSSR count). The maximum atomic E-state index is 14.6. The molecule has 1 aliphatic rings. The van der Waals surface area contributed by atoms with Crippen LogP contribution in [0.15, 0.2) is 138 Å². The number of nitrogens with one attached hydrogen (secondary N) is 1. The summed E-state index contributed by atoms with van der Waals surface area (Å²) in [6, 6.07) is 36.5. The van der Waals surface area contributed by atoms with Crippen molar-refractivity contribution in [2.45, 2.75) is 44.6 Å². The van der Waals surface area contributed by atoms with Gasteiger partial charge < -0.3 is 14.5 Å². The third-order valence-electron chi connectivity index (χ3n) is 10.8. The van der Waals surface area contributed by atoms with Crippen LogP contribution in [0.2, 0.25) is 5.02 Å². The van der Waals surface area contributed by atoms with E-state index >= 15 is 0 Å². The summed E-state index contributed by atoms with van der Waals surface area (Å²) in [5.41, 5.74) is 3.20. The molecule has 0 fully saturated rings. The van der Waals surface area contributed by atoms with Crippen LogP contribution >= 0.6 is 11.6 Å². The van der Waals surface area contributed by atoms with Crippen LogP contribution in [0.25, 0.3) is 16.5 Å². The van der Waals surface area contributed by atoms with Crippen LogP contribution in [0.3, 0.4) is 0 Å². The van der Waals surface area contributed by atoms with E-state index in [0.29, 0.717) is 60.7 Å². The molecule has 11 nitrogen and oxygen atoms in total. The summed E-state index contributed by atoms with van der Waals surface area (Å²) in [7, 11) is -4.31. The van der Waals surface area contributed by atoms with Crippen LogP contribution in [0.5, 0.6) is 11.5 Å². The topological polar surface area (TPSA) is 131 Å². The molecule has 6 aromatic carbocycles. The lowest BCUT2D eigenvalue weighted by Gasteiger charge is -2.29. The van der Waals surface area contributed by atoms with E-state index < -0.39 is 27.7 Å². The fourth-order valence-corrected chi connectivity index (χ4v) is 8.63. The summed E-state index contributed by atoms with van der Waals surface area (Å²) in [6.45, 7) is 4.74. The van der Waals surface area contributed by atoms with Crippen molar-refractivity contribution >= 4 is 55.8 Å². The van der Waals surface area contributed by atoms with Crippen LogP contribution in [-0.2, 0) is 23.0 Å². The van der Waals surface area contributed by atoms with Gasteiger partial charge in [0.05, 0.1) is 26.9 Å². The van der Waals surface area contributed by atoms with Gasteiger partial charge >= 0.3 is 0 Å². The maximum Gasteiger partial charge on any atom is 0.280 e. The van der Waals surface area contributed by atoms with Crippen molar-refractivity contribution < 1.29 is 31.9 Å². The van der Waals surface area contributed by atoms with E-state index in [4.69, 9.17) is 21.4 Å². The first-order valence-electron chi connectivity index (χ1n) is 20.1. The van der Waals surface area contributed by atoms with Gasteiger partial charge in [0.15, 0.2) is 5.69 Å². The van der Waals surface area contributed by atoms with Gasteiger partial charge in [0, 0.05) is 30.9 Å². The Bertz CT molecular complexity index is 2960. The van der Waals surface area contributed by atoms with Crippen molar-refractivity contribution in [1.82, 2.24) is 19.4 Å². The molecule has 0 saturated carbocycles. The number of benzene rings is 6. The molecule has 0 aliphatic carbocycles. The number of hydrogen-bond acceptors (Lipinski definition) is 7. The third-order valence-corrected chi connectivity index (χ3v) is 12.6. The second-order valence-electron chi connectivity index (χ2n) is 14.9. The number of sulfonamides is 1. The quantitative estimate of drug-likeness (QED) is 0.129. The highest BCUT2D eigenvalue weighted by Crippen LogP contribution is 2.32. The van der Waals surface area contributed by atoms with Crippen LogP contribution in [0.1, 0.15) is 67.8 Å². The Morgan fingerprint density at radius 3 is 2.24 bits per heavy atom.